The zero-order chi connectivity index (χ0) is 18.5. The van der Waals surface area contributed by atoms with Gasteiger partial charge in [0.25, 0.3) is 0 Å². The second-order valence-electron chi connectivity index (χ2n) is 6.22. The number of amides is 2. The third-order valence-corrected chi connectivity index (χ3v) is 4.42. The van der Waals surface area contributed by atoms with E-state index in [0.717, 1.165) is 6.42 Å². The minimum absolute atomic E-state index is 0.0725. The Morgan fingerprint density at radius 1 is 1.23 bits per heavy atom. The Kier molecular flexibility index (Phi) is 5.36. The van der Waals surface area contributed by atoms with Gasteiger partial charge in [0.15, 0.2) is 0 Å². The molecule has 7 heteroatoms. The molecular weight excluding hydrogens is 336 g/mol. The molecule has 1 saturated heterocycles. The first-order chi connectivity index (χ1) is 12.5. The maximum absolute atomic E-state index is 12.6. The average Bonchev–Trinajstić information content (AvgIpc) is 3.31. The van der Waals surface area contributed by atoms with Gasteiger partial charge in [-0.1, -0.05) is 12.1 Å². The molecule has 26 heavy (non-hydrogen) atoms. The molecule has 0 saturated carbocycles. The van der Waals surface area contributed by atoms with Gasteiger partial charge < -0.3 is 19.7 Å². The van der Waals surface area contributed by atoms with Gasteiger partial charge in [-0.2, -0.15) is 0 Å². The van der Waals surface area contributed by atoms with Crippen LogP contribution in [-0.4, -0.2) is 40.4 Å². The Morgan fingerprint density at radius 2 is 2.08 bits per heavy atom. The van der Waals surface area contributed by atoms with Gasteiger partial charge in [0, 0.05) is 6.54 Å². The molecule has 0 aliphatic carbocycles. The molecule has 1 aromatic heterocycles. The lowest BCUT2D eigenvalue weighted by Gasteiger charge is -2.24. The van der Waals surface area contributed by atoms with Crippen molar-refractivity contribution in [2.24, 2.45) is 0 Å². The lowest BCUT2D eigenvalue weighted by Crippen LogP contribution is -2.46. The number of carboxylic acids is 1. The van der Waals surface area contributed by atoms with Crippen LogP contribution in [0.15, 0.2) is 47.1 Å². The van der Waals surface area contributed by atoms with Crippen LogP contribution in [0.5, 0.6) is 0 Å². The fourth-order valence-electron chi connectivity index (χ4n) is 3.13. The zero-order valence-corrected chi connectivity index (χ0v) is 14.2. The minimum Gasteiger partial charge on any atom is -0.478 e. The van der Waals surface area contributed by atoms with E-state index in [1.807, 2.05) is 0 Å². The van der Waals surface area contributed by atoms with E-state index in [1.165, 1.54) is 18.4 Å². The number of carbonyl (C=O) groups excluding carboxylic acids is 2. The number of aromatic carboxylic acids is 1. The first kappa shape index (κ1) is 17.7. The number of hydrogen-bond acceptors (Lipinski definition) is 4. The van der Waals surface area contributed by atoms with Crippen LogP contribution in [0, 0.1) is 0 Å². The lowest BCUT2D eigenvalue weighted by atomic mass is 10.1. The second kappa shape index (κ2) is 7.86. The molecule has 136 valence electrons. The summed E-state index contributed by atoms with van der Waals surface area (Å²) in [6.07, 6.45) is 2.99. The summed E-state index contributed by atoms with van der Waals surface area (Å²) in [5.41, 5.74) is 0.765. The molecule has 7 nitrogen and oxygen atoms in total. The van der Waals surface area contributed by atoms with Crippen LogP contribution < -0.4 is 5.32 Å². The van der Waals surface area contributed by atoms with E-state index in [1.54, 1.807) is 29.2 Å². The first-order valence-electron chi connectivity index (χ1n) is 8.46. The number of carbonyl (C=O) groups is 3. The molecule has 1 atom stereocenters. The molecule has 2 aromatic rings. The van der Waals surface area contributed by atoms with E-state index >= 15 is 0 Å². The van der Waals surface area contributed by atoms with Gasteiger partial charge in [-0.3, -0.25) is 9.59 Å². The molecule has 2 heterocycles. The normalized spacial score (nSPS) is 16.5. The molecule has 1 aromatic carbocycles. The highest BCUT2D eigenvalue weighted by Crippen LogP contribution is 2.19. The highest BCUT2D eigenvalue weighted by molar-refractivity contribution is 5.90. The van der Waals surface area contributed by atoms with Crippen LogP contribution in [0.3, 0.4) is 0 Å². The largest absolute Gasteiger partial charge is 0.478 e. The summed E-state index contributed by atoms with van der Waals surface area (Å²) in [5, 5.41) is 11.8. The van der Waals surface area contributed by atoms with Crippen molar-refractivity contribution in [1.29, 1.82) is 0 Å². The summed E-state index contributed by atoms with van der Waals surface area (Å²) in [6, 6.07) is 9.32. The van der Waals surface area contributed by atoms with Gasteiger partial charge in [-0.25, -0.2) is 4.79 Å². The number of furan rings is 1. The van der Waals surface area contributed by atoms with E-state index in [2.05, 4.69) is 5.32 Å². The van der Waals surface area contributed by atoms with Gasteiger partial charge >= 0.3 is 5.97 Å². The van der Waals surface area contributed by atoms with Gasteiger partial charge in [0.2, 0.25) is 11.8 Å². The number of rotatable bonds is 6. The molecule has 3 rings (SSSR count). The molecule has 1 aliphatic rings. The minimum atomic E-state index is -1.03. The van der Waals surface area contributed by atoms with Crippen molar-refractivity contribution in [3.05, 3.63) is 59.5 Å². The van der Waals surface area contributed by atoms with Crippen LogP contribution >= 0.6 is 0 Å². The topological polar surface area (TPSA) is 99.9 Å². The van der Waals surface area contributed by atoms with Crippen LogP contribution in [0.4, 0.5) is 0 Å². The van der Waals surface area contributed by atoms with E-state index in [-0.39, 0.29) is 30.3 Å². The highest BCUT2D eigenvalue weighted by Gasteiger charge is 2.33. The summed E-state index contributed by atoms with van der Waals surface area (Å²) >= 11 is 0. The lowest BCUT2D eigenvalue weighted by molar-refractivity contribution is -0.138. The number of nitrogens with zero attached hydrogens (tertiary/aromatic N) is 1. The Morgan fingerprint density at radius 3 is 2.81 bits per heavy atom. The molecule has 1 fully saturated rings. The van der Waals surface area contributed by atoms with E-state index < -0.39 is 12.0 Å². The molecule has 0 bridgehead atoms. The molecule has 1 aliphatic heterocycles. The van der Waals surface area contributed by atoms with Gasteiger partial charge in [-0.05, 0) is 42.7 Å². The van der Waals surface area contributed by atoms with Crippen LogP contribution in [-0.2, 0) is 22.6 Å². The fourth-order valence-corrected chi connectivity index (χ4v) is 3.13. The highest BCUT2D eigenvalue weighted by atomic mass is 16.4. The maximum Gasteiger partial charge on any atom is 0.335 e. The number of carboxylic acid groups (broad SMARTS) is 1. The van der Waals surface area contributed by atoms with Crippen molar-refractivity contribution in [3.63, 3.8) is 0 Å². The Labute approximate surface area is 150 Å². The Hall–Kier alpha value is -3.09. The molecule has 2 amide bonds. The van der Waals surface area contributed by atoms with Crippen LogP contribution in [0.25, 0.3) is 0 Å². The van der Waals surface area contributed by atoms with Crippen molar-refractivity contribution in [1.82, 2.24) is 10.2 Å². The number of hydrogen-bond donors (Lipinski definition) is 2. The third-order valence-electron chi connectivity index (χ3n) is 4.42. The molecule has 0 radical (unpaired) electrons. The predicted octanol–water partition coefficient (Wildman–Crippen LogP) is 1.83. The summed E-state index contributed by atoms with van der Waals surface area (Å²) in [7, 11) is 0. The van der Waals surface area contributed by atoms with Crippen molar-refractivity contribution >= 4 is 17.8 Å². The number of likely N-dealkylation sites (tertiary alicyclic amines) is 1. The zero-order valence-electron chi connectivity index (χ0n) is 14.2. The van der Waals surface area contributed by atoms with Crippen molar-refractivity contribution in [3.8, 4) is 0 Å². The van der Waals surface area contributed by atoms with E-state index in [4.69, 9.17) is 9.52 Å². The standard InChI is InChI=1S/C19H20N2O5/c22-17(11-13-4-1-5-14(10-13)19(24)25)21-8-2-7-16(21)18(23)20-12-15-6-3-9-26-15/h1,3-6,9-10,16H,2,7-8,11-12H2,(H,20,23)(H,24,25). The summed E-state index contributed by atoms with van der Waals surface area (Å²) in [6.45, 7) is 0.807. The van der Waals surface area contributed by atoms with Crippen molar-refractivity contribution in [2.45, 2.75) is 31.8 Å². The molecule has 0 spiro atoms. The van der Waals surface area contributed by atoms with Gasteiger partial charge in [-0.15, -0.1) is 0 Å². The fraction of sp³-hybridized carbons (Fsp3) is 0.316. The summed E-state index contributed by atoms with van der Waals surface area (Å²) in [5.74, 6) is -0.759. The van der Waals surface area contributed by atoms with Crippen molar-refractivity contribution < 1.29 is 23.9 Å². The summed E-state index contributed by atoms with van der Waals surface area (Å²) in [4.78, 5) is 37.7. The quantitative estimate of drug-likeness (QED) is 0.822. The summed E-state index contributed by atoms with van der Waals surface area (Å²) < 4.78 is 5.19. The number of benzene rings is 1. The van der Waals surface area contributed by atoms with Crippen LogP contribution in [0.2, 0.25) is 0 Å². The van der Waals surface area contributed by atoms with E-state index in [0.29, 0.717) is 24.3 Å². The monoisotopic (exact) mass is 356 g/mol. The Bertz CT molecular complexity index is 800. The van der Waals surface area contributed by atoms with Gasteiger partial charge in [0.05, 0.1) is 24.8 Å². The maximum atomic E-state index is 12.6. The molecule has 2 N–H and O–H groups in total. The van der Waals surface area contributed by atoms with Crippen molar-refractivity contribution in [2.75, 3.05) is 6.54 Å². The van der Waals surface area contributed by atoms with Crippen LogP contribution in [0.1, 0.15) is 34.5 Å². The van der Waals surface area contributed by atoms with E-state index in [9.17, 15) is 14.4 Å². The number of nitrogens with one attached hydrogen (secondary N) is 1. The first-order valence-corrected chi connectivity index (χ1v) is 8.46. The SMILES string of the molecule is O=C(O)c1cccc(CC(=O)N2CCCC2C(=O)NCc2ccco2)c1. The predicted molar refractivity (Wildman–Crippen MR) is 92.4 cm³/mol. The molecular formula is C19H20N2O5. The Balaban J connectivity index is 1.61. The average molecular weight is 356 g/mol. The smallest absolute Gasteiger partial charge is 0.335 e. The van der Waals surface area contributed by atoms with Gasteiger partial charge in [0.1, 0.15) is 11.8 Å². The second-order valence-corrected chi connectivity index (χ2v) is 6.22. The third kappa shape index (κ3) is 4.11. The molecule has 1 unspecified atom stereocenters.